The van der Waals surface area contributed by atoms with Crippen LogP contribution >= 0.6 is 23.1 Å². The van der Waals surface area contributed by atoms with E-state index < -0.39 is 0 Å². The number of thioether (sulfide) groups is 1. The number of aromatic nitrogens is 1. The molecule has 1 N–H and O–H groups in total. The van der Waals surface area contributed by atoms with Crippen molar-refractivity contribution < 1.29 is 19.0 Å². The Morgan fingerprint density at radius 1 is 1.03 bits per heavy atom. The molecule has 0 aliphatic carbocycles. The highest BCUT2D eigenvalue weighted by atomic mass is 32.2. The molecule has 1 saturated heterocycles. The van der Waals surface area contributed by atoms with Gasteiger partial charge in [0.2, 0.25) is 0 Å². The van der Waals surface area contributed by atoms with Gasteiger partial charge >= 0.3 is 0 Å². The maximum Gasteiger partial charge on any atom is 0.258 e. The molecule has 4 rings (SSSR count). The van der Waals surface area contributed by atoms with Crippen LogP contribution in [0.1, 0.15) is 16.1 Å². The van der Waals surface area contributed by atoms with Crippen LogP contribution in [0.25, 0.3) is 6.08 Å². The second-order valence-corrected chi connectivity index (χ2v) is 8.79. The van der Waals surface area contributed by atoms with Crippen LogP contribution in [0.15, 0.2) is 52.9 Å². The summed E-state index contributed by atoms with van der Waals surface area (Å²) in [6, 6.07) is 12.9. The number of rotatable bonds is 7. The van der Waals surface area contributed by atoms with Gasteiger partial charge in [-0.15, -0.1) is 23.1 Å². The normalized spacial score (nSPS) is 14.5. The summed E-state index contributed by atoms with van der Waals surface area (Å²) in [6.45, 7) is 0.635. The average molecular weight is 470 g/mol. The maximum absolute atomic E-state index is 13.2. The number of anilines is 2. The van der Waals surface area contributed by atoms with Gasteiger partial charge in [-0.3, -0.25) is 4.79 Å². The summed E-state index contributed by atoms with van der Waals surface area (Å²) in [5.74, 6) is 2.71. The van der Waals surface area contributed by atoms with Crippen molar-refractivity contribution in [1.29, 1.82) is 0 Å². The smallest absolute Gasteiger partial charge is 0.258 e. The maximum atomic E-state index is 13.2. The molecule has 7 nitrogen and oxygen atoms in total. The van der Waals surface area contributed by atoms with E-state index in [0.717, 1.165) is 33.0 Å². The van der Waals surface area contributed by atoms with E-state index in [1.165, 1.54) is 11.3 Å². The first-order valence-corrected chi connectivity index (χ1v) is 11.7. The number of amides is 1. The van der Waals surface area contributed by atoms with Crippen LogP contribution in [0.4, 0.5) is 10.8 Å². The van der Waals surface area contributed by atoms with E-state index in [1.54, 1.807) is 56.2 Å². The lowest BCUT2D eigenvalue weighted by Gasteiger charge is -2.18. The lowest BCUT2D eigenvalue weighted by Crippen LogP contribution is -2.26. The van der Waals surface area contributed by atoms with E-state index in [-0.39, 0.29) is 5.91 Å². The summed E-state index contributed by atoms with van der Waals surface area (Å²) < 4.78 is 15.8. The molecule has 0 spiro atoms. The molecule has 0 radical (unpaired) electrons. The number of nitrogens with zero attached hydrogens (tertiary/aromatic N) is 2. The Balaban J connectivity index is 1.51. The van der Waals surface area contributed by atoms with E-state index in [4.69, 9.17) is 14.2 Å². The highest BCUT2D eigenvalue weighted by Gasteiger charge is 2.26. The van der Waals surface area contributed by atoms with E-state index in [0.29, 0.717) is 23.6 Å². The van der Waals surface area contributed by atoms with Gasteiger partial charge in [0.15, 0.2) is 5.13 Å². The van der Waals surface area contributed by atoms with Crippen molar-refractivity contribution >= 4 is 45.9 Å². The van der Waals surface area contributed by atoms with Crippen LogP contribution in [0.5, 0.6) is 17.2 Å². The van der Waals surface area contributed by atoms with Crippen LogP contribution in [0.3, 0.4) is 0 Å². The van der Waals surface area contributed by atoms with Gasteiger partial charge in [-0.2, -0.15) is 0 Å². The first-order valence-electron chi connectivity index (χ1n) is 9.85. The van der Waals surface area contributed by atoms with E-state index in [2.05, 4.69) is 10.3 Å². The monoisotopic (exact) mass is 469 g/mol. The second-order valence-electron chi connectivity index (χ2n) is 6.82. The SMILES string of the molecule is COc1ccc(Nc2nc(/C=C3/SCCN3C(=O)c3cc(OC)cc(OC)c3)cs2)cc1. The molecule has 1 aliphatic rings. The van der Waals surface area contributed by atoms with Gasteiger partial charge in [-0.25, -0.2) is 4.98 Å². The quantitative estimate of drug-likeness (QED) is 0.516. The number of nitrogens with one attached hydrogen (secondary N) is 1. The molecule has 0 atom stereocenters. The van der Waals surface area contributed by atoms with Crippen molar-refractivity contribution in [2.75, 3.05) is 38.9 Å². The van der Waals surface area contributed by atoms with Gasteiger partial charge in [0.1, 0.15) is 17.2 Å². The molecular weight excluding hydrogens is 446 g/mol. The first-order chi connectivity index (χ1) is 15.6. The molecule has 1 amide bonds. The van der Waals surface area contributed by atoms with Crippen LogP contribution in [-0.2, 0) is 0 Å². The minimum atomic E-state index is -0.0924. The van der Waals surface area contributed by atoms with Crippen molar-refractivity contribution in [1.82, 2.24) is 9.88 Å². The Morgan fingerprint density at radius 2 is 1.72 bits per heavy atom. The fraction of sp³-hybridized carbons (Fsp3) is 0.217. The lowest BCUT2D eigenvalue weighted by molar-refractivity contribution is 0.0830. The van der Waals surface area contributed by atoms with Gasteiger partial charge in [-0.1, -0.05) is 0 Å². The van der Waals surface area contributed by atoms with Gasteiger partial charge in [0.25, 0.3) is 5.91 Å². The molecule has 9 heteroatoms. The molecule has 3 aromatic rings. The molecule has 0 bridgehead atoms. The van der Waals surface area contributed by atoms with Crippen LogP contribution < -0.4 is 19.5 Å². The van der Waals surface area contributed by atoms with Crippen molar-refractivity contribution in [2.45, 2.75) is 0 Å². The molecule has 166 valence electrons. The fourth-order valence-corrected chi connectivity index (χ4v) is 4.88. The third-order valence-electron chi connectivity index (χ3n) is 4.81. The predicted molar refractivity (Wildman–Crippen MR) is 129 cm³/mol. The molecule has 1 fully saturated rings. The summed E-state index contributed by atoms with van der Waals surface area (Å²) in [6.07, 6.45) is 1.95. The highest BCUT2D eigenvalue weighted by Crippen LogP contribution is 2.33. The highest BCUT2D eigenvalue weighted by molar-refractivity contribution is 8.03. The Labute approximate surface area is 195 Å². The van der Waals surface area contributed by atoms with Crippen LogP contribution in [0.2, 0.25) is 0 Å². The standard InChI is InChI=1S/C23H23N3O4S2/c1-28-18-6-4-16(5-7-18)24-23-25-17(14-32-23)12-21-26(8-9-31-21)22(27)15-10-19(29-2)13-20(11-15)30-3/h4-7,10-14H,8-9H2,1-3H3,(H,24,25)/b21-12+. The number of hydrogen-bond acceptors (Lipinski definition) is 8. The summed E-state index contributed by atoms with van der Waals surface area (Å²) in [5, 5.41) is 6.91. The molecule has 0 unspecified atom stereocenters. The fourth-order valence-electron chi connectivity index (χ4n) is 3.17. The minimum Gasteiger partial charge on any atom is -0.497 e. The summed E-state index contributed by atoms with van der Waals surface area (Å²) >= 11 is 3.15. The number of benzene rings is 2. The van der Waals surface area contributed by atoms with E-state index in [1.807, 2.05) is 35.7 Å². The minimum absolute atomic E-state index is 0.0924. The topological polar surface area (TPSA) is 72.9 Å². The third-order valence-corrected chi connectivity index (χ3v) is 6.61. The zero-order valence-electron chi connectivity index (χ0n) is 18.0. The van der Waals surface area contributed by atoms with Crippen molar-refractivity contribution in [3.63, 3.8) is 0 Å². The molecule has 2 aromatic carbocycles. The largest absolute Gasteiger partial charge is 0.497 e. The second kappa shape index (κ2) is 9.97. The summed E-state index contributed by atoms with van der Waals surface area (Å²) in [4.78, 5) is 19.6. The molecule has 32 heavy (non-hydrogen) atoms. The Hall–Kier alpha value is -3.17. The number of carbonyl (C=O) groups excluding carboxylic acids is 1. The van der Waals surface area contributed by atoms with E-state index >= 15 is 0 Å². The predicted octanol–water partition coefficient (Wildman–Crippen LogP) is 5.10. The van der Waals surface area contributed by atoms with Gasteiger partial charge in [0, 0.05) is 35.0 Å². The van der Waals surface area contributed by atoms with Crippen LogP contribution in [-0.4, -0.2) is 49.4 Å². The molecule has 0 saturated carbocycles. The van der Waals surface area contributed by atoms with Crippen molar-refractivity contribution in [2.24, 2.45) is 0 Å². The van der Waals surface area contributed by atoms with Gasteiger partial charge in [0.05, 0.1) is 32.1 Å². The molecule has 1 aliphatic heterocycles. The first kappa shape index (κ1) is 22.0. The Kier molecular flexibility index (Phi) is 6.87. The molecular formula is C23H23N3O4S2. The van der Waals surface area contributed by atoms with Crippen molar-refractivity contribution in [3.05, 3.63) is 64.1 Å². The third kappa shape index (κ3) is 5.00. The molecule has 2 heterocycles. The van der Waals surface area contributed by atoms with Crippen LogP contribution in [0, 0.1) is 0 Å². The average Bonchev–Trinajstić information content (AvgIpc) is 3.48. The number of thiazole rings is 1. The zero-order chi connectivity index (χ0) is 22.5. The van der Waals surface area contributed by atoms with Gasteiger partial charge < -0.3 is 24.4 Å². The summed E-state index contributed by atoms with van der Waals surface area (Å²) in [5.41, 5.74) is 2.25. The zero-order valence-corrected chi connectivity index (χ0v) is 19.6. The van der Waals surface area contributed by atoms with Gasteiger partial charge in [-0.05, 0) is 42.5 Å². The number of ether oxygens (including phenoxy) is 3. The van der Waals surface area contributed by atoms with Crippen molar-refractivity contribution in [3.8, 4) is 17.2 Å². The van der Waals surface area contributed by atoms with E-state index in [9.17, 15) is 4.79 Å². The number of carbonyl (C=O) groups is 1. The number of methoxy groups -OCH3 is 3. The number of hydrogen-bond donors (Lipinski definition) is 1. The molecule has 1 aromatic heterocycles. The Bertz CT molecular complexity index is 1110. The Morgan fingerprint density at radius 3 is 2.38 bits per heavy atom. The lowest BCUT2D eigenvalue weighted by atomic mass is 10.1. The summed E-state index contributed by atoms with van der Waals surface area (Å²) in [7, 11) is 4.78.